The van der Waals surface area contributed by atoms with Crippen LogP contribution in [0.3, 0.4) is 0 Å². The second kappa shape index (κ2) is 8.86. The SMILES string of the molecule is Cn1c(=O)c2c(nc(CN3CCN(c4cccc(Cl)c4)CC3)n2CCCO)n(C)c1=O. The molecule has 1 aromatic carbocycles. The van der Waals surface area contributed by atoms with Crippen molar-refractivity contribution in [2.75, 3.05) is 37.7 Å². The van der Waals surface area contributed by atoms with E-state index in [4.69, 9.17) is 11.6 Å². The molecule has 10 heteroatoms. The zero-order valence-corrected chi connectivity index (χ0v) is 18.5. The van der Waals surface area contributed by atoms with Gasteiger partial charge in [-0.1, -0.05) is 17.7 Å². The molecule has 1 saturated heterocycles. The molecule has 0 radical (unpaired) electrons. The number of rotatable bonds is 6. The summed E-state index contributed by atoms with van der Waals surface area (Å²) >= 11 is 6.13. The van der Waals surface area contributed by atoms with E-state index in [1.54, 1.807) is 7.05 Å². The van der Waals surface area contributed by atoms with Crippen LogP contribution in [0.15, 0.2) is 33.9 Å². The lowest BCUT2D eigenvalue weighted by Crippen LogP contribution is -2.46. The fourth-order valence-corrected chi connectivity index (χ4v) is 4.30. The van der Waals surface area contributed by atoms with Gasteiger partial charge in [0.1, 0.15) is 5.82 Å². The Morgan fingerprint density at radius 3 is 2.52 bits per heavy atom. The van der Waals surface area contributed by atoms with Crippen molar-refractivity contribution in [3.8, 4) is 0 Å². The summed E-state index contributed by atoms with van der Waals surface area (Å²) in [5.41, 5.74) is 1.15. The highest BCUT2D eigenvalue weighted by atomic mass is 35.5. The maximum Gasteiger partial charge on any atom is 0.332 e. The van der Waals surface area contributed by atoms with Gasteiger partial charge >= 0.3 is 5.69 Å². The number of halogens is 1. The predicted octanol–water partition coefficient (Wildman–Crippen LogP) is 0.792. The van der Waals surface area contributed by atoms with Crippen LogP contribution in [-0.2, 0) is 27.2 Å². The standard InChI is InChI=1S/C21H27ClN6O3/c1-24-19-18(20(30)25(2)21(24)31)28(7-4-12-29)17(23-19)14-26-8-10-27(11-9-26)16-6-3-5-15(22)13-16/h3,5-6,13,29H,4,7-12,14H2,1-2H3. The Morgan fingerprint density at radius 1 is 1.10 bits per heavy atom. The smallest absolute Gasteiger partial charge is 0.332 e. The molecule has 0 spiro atoms. The molecule has 3 heterocycles. The third-order valence-corrected chi connectivity index (χ3v) is 6.11. The van der Waals surface area contributed by atoms with Crippen molar-refractivity contribution in [3.05, 3.63) is 56.0 Å². The van der Waals surface area contributed by atoms with Gasteiger partial charge in [-0.05, 0) is 24.6 Å². The third kappa shape index (κ3) is 4.13. The first-order valence-electron chi connectivity index (χ1n) is 10.4. The number of piperazine rings is 1. The molecule has 0 unspecified atom stereocenters. The number of aryl methyl sites for hydroxylation is 2. The van der Waals surface area contributed by atoms with Crippen LogP contribution in [0, 0.1) is 0 Å². The molecule has 0 bridgehead atoms. The molecule has 0 amide bonds. The van der Waals surface area contributed by atoms with Crippen LogP contribution in [0.5, 0.6) is 0 Å². The highest BCUT2D eigenvalue weighted by Gasteiger charge is 2.23. The number of aliphatic hydroxyl groups excluding tert-OH is 1. The van der Waals surface area contributed by atoms with Gasteiger partial charge in [0.2, 0.25) is 0 Å². The maximum atomic E-state index is 12.8. The van der Waals surface area contributed by atoms with Crippen molar-refractivity contribution in [1.29, 1.82) is 0 Å². The number of benzene rings is 1. The fourth-order valence-electron chi connectivity index (χ4n) is 4.12. The van der Waals surface area contributed by atoms with Gasteiger partial charge in [-0.25, -0.2) is 9.78 Å². The van der Waals surface area contributed by atoms with E-state index in [0.29, 0.717) is 30.7 Å². The van der Waals surface area contributed by atoms with E-state index in [-0.39, 0.29) is 12.2 Å². The van der Waals surface area contributed by atoms with Crippen molar-refractivity contribution in [3.63, 3.8) is 0 Å². The van der Waals surface area contributed by atoms with E-state index >= 15 is 0 Å². The van der Waals surface area contributed by atoms with Gasteiger partial charge in [0.05, 0.1) is 6.54 Å². The number of imidazole rings is 1. The minimum atomic E-state index is -0.397. The molecule has 0 saturated carbocycles. The van der Waals surface area contributed by atoms with Crippen molar-refractivity contribution in [2.24, 2.45) is 14.1 Å². The van der Waals surface area contributed by atoms with Gasteiger partial charge in [-0.3, -0.25) is 18.8 Å². The van der Waals surface area contributed by atoms with Crippen molar-refractivity contribution in [1.82, 2.24) is 23.6 Å². The summed E-state index contributed by atoms with van der Waals surface area (Å²) in [5, 5.41) is 10.1. The molecule has 1 aliphatic heterocycles. The molecule has 31 heavy (non-hydrogen) atoms. The summed E-state index contributed by atoms with van der Waals surface area (Å²) in [6, 6.07) is 7.86. The Balaban J connectivity index is 1.60. The molecule has 1 fully saturated rings. The number of nitrogens with zero attached hydrogens (tertiary/aromatic N) is 6. The van der Waals surface area contributed by atoms with E-state index in [0.717, 1.165) is 47.3 Å². The van der Waals surface area contributed by atoms with Gasteiger partial charge in [0.15, 0.2) is 11.2 Å². The maximum absolute atomic E-state index is 12.8. The topological polar surface area (TPSA) is 88.5 Å². The van der Waals surface area contributed by atoms with Crippen molar-refractivity contribution in [2.45, 2.75) is 19.5 Å². The molecule has 2 aromatic heterocycles. The first-order valence-corrected chi connectivity index (χ1v) is 10.8. The zero-order chi connectivity index (χ0) is 22.1. The van der Waals surface area contributed by atoms with Gasteiger partial charge in [0.25, 0.3) is 5.56 Å². The number of aromatic nitrogens is 4. The summed E-state index contributed by atoms with van der Waals surface area (Å²) < 4.78 is 4.37. The second-order valence-corrected chi connectivity index (χ2v) is 8.31. The lowest BCUT2D eigenvalue weighted by atomic mass is 10.2. The Morgan fingerprint density at radius 2 is 1.84 bits per heavy atom. The normalized spacial score (nSPS) is 15.2. The number of hydrogen-bond acceptors (Lipinski definition) is 6. The number of aliphatic hydroxyl groups is 1. The summed E-state index contributed by atoms with van der Waals surface area (Å²) in [5.74, 6) is 0.734. The van der Waals surface area contributed by atoms with Crippen LogP contribution < -0.4 is 16.1 Å². The number of fused-ring (bicyclic) bond motifs is 1. The van der Waals surface area contributed by atoms with Crippen LogP contribution in [-0.4, -0.2) is 61.5 Å². The monoisotopic (exact) mass is 446 g/mol. The number of hydrogen-bond donors (Lipinski definition) is 1. The van der Waals surface area contributed by atoms with Crippen molar-refractivity contribution < 1.29 is 5.11 Å². The molecule has 166 valence electrons. The molecule has 9 nitrogen and oxygen atoms in total. The molecule has 1 aliphatic rings. The Kier molecular flexibility index (Phi) is 6.17. The lowest BCUT2D eigenvalue weighted by molar-refractivity contribution is 0.238. The Hall–Kier alpha value is -2.62. The third-order valence-electron chi connectivity index (χ3n) is 5.88. The van der Waals surface area contributed by atoms with Gasteiger partial charge in [-0.2, -0.15) is 0 Å². The van der Waals surface area contributed by atoms with E-state index in [9.17, 15) is 14.7 Å². The van der Waals surface area contributed by atoms with Crippen LogP contribution in [0.25, 0.3) is 11.2 Å². The number of anilines is 1. The molecular weight excluding hydrogens is 420 g/mol. The van der Waals surface area contributed by atoms with E-state index in [2.05, 4.69) is 20.9 Å². The summed E-state index contributed by atoms with van der Waals surface area (Å²) in [6.45, 7) is 4.46. The molecule has 0 atom stereocenters. The van der Waals surface area contributed by atoms with E-state index < -0.39 is 5.69 Å². The molecule has 4 rings (SSSR count). The lowest BCUT2D eigenvalue weighted by Gasteiger charge is -2.36. The molecule has 1 N–H and O–H groups in total. The predicted molar refractivity (Wildman–Crippen MR) is 121 cm³/mol. The van der Waals surface area contributed by atoms with Crippen LogP contribution in [0.2, 0.25) is 5.02 Å². The Labute approximate surface area is 184 Å². The van der Waals surface area contributed by atoms with E-state index in [1.807, 2.05) is 22.8 Å². The second-order valence-electron chi connectivity index (χ2n) is 7.88. The minimum absolute atomic E-state index is 0.0174. The van der Waals surface area contributed by atoms with Gasteiger partial charge in [0, 0.05) is 64.1 Å². The highest BCUT2D eigenvalue weighted by molar-refractivity contribution is 6.30. The van der Waals surface area contributed by atoms with Crippen molar-refractivity contribution >= 4 is 28.5 Å². The largest absolute Gasteiger partial charge is 0.396 e. The fraction of sp³-hybridized carbons (Fsp3) is 0.476. The first kappa shape index (κ1) is 21.6. The zero-order valence-electron chi connectivity index (χ0n) is 17.8. The Bertz CT molecular complexity index is 1210. The van der Waals surface area contributed by atoms with Gasteiger partial charge < -0.3 is 14.6 Å². The molecule has 3 aromatic rings. The average molecular weight is 447 g/mol. The molecule has 0 aliphatic carbocycles. The van der Waals surface area contributed by atoms with E-state index in [1.165, 1.54) is 11.6 Å². The summed E-state index contributed by atoms with van der Waals surface area (Å²) in [6.07, 6.45) is 0.507. The highest BCUT2D eigenvalue weighted by Crippen LogP contribution is 2.22. The molecular formula is C21H27ClN6O3. The van der Waals surface area contributed by atoms with Crippen LogP contribution in [0.4, 0.5) is 5.69 Å². The summed E-state index contributed by atoms with van der Waals surface area (Å²) in [4.78, 5) is 34.4. The van der Waals surface area contributed by atoms with Gasteiger partial charge in [-0.15, -0.1) is 0 Å². The quantitative estimate of drug-likeness (QED) is 0.602. The first-order chi connectivity index (χ1) is 14.9. The summed E-state index contributed by atoms with van der Waals surface area (Å²) in [7, 11) is 3.10. The van der Waals surface area contributed by atoms with Crippen LogP contribution >= 0.6 is 11.6 Å². The van der Waals surface area contributed by atoms with Crippen LogP contribution in [0.1, 0.15) is 12.2 Å². The minimum Gasteiger partial charge on any atom is -0.396 e. The average Bonchev–Trinajstić information content (AvgIpc) is 3.13.